The largest absolute Gasteiger partial charge is 0.329 e. The minimum absolute atomic E-state index is 0.397. The van der Waals surface area contributed by atoms with Crippen LogP contribution in [0.3, 0.4) is 0 Å². The van der Waals surface area contributed by atoms with E-state index in [0.29, 0.717) is 16.9 Å². The highest BCUT2D eigenvalue weighted by Gasteiger charge is 2.20. The number of piperidine rings is 1. The fraction of sp³-hybridized carbons (Fsp3) is 0.458. The molecule has 0 aliphatic carbocycles. The lowest BCUT2D eigenvalue weighted by Crippen LogP contribution is -2.35. The number of nitrogens with one attached hydrogen (secondary N) is 1. The number of hydrogen-bond donors (Lipinski definition) is 1. The van der Waals surface area contributed by atoms with Gasteiger partial charge in [-0.3, -0.25) is 18.7 Å². The fourth-order valence-electron chi connectivity index (χ4n) is 5.01. The average Bonchev–Trinajstić information content (AvgIpc) is 3.30. The number of rotatable bonds is 6. The Morgan fingerprint density at radius 2 is 1.84 bits per heavy atom. The van der Waals surface area contributed by atoms with E-state index in [2.05, 4.69) is 49.8 Å². The second-order valence-corrected chi connectivity index (χ2v) is 9.02. The van der Waals surface area contributed by atoms with Gasteiger partial charge in [-0.25, -0.2) is 4.79 Å². The zero-order valence-corrected chi connectivity index (χ0v) is 18.8. The summed E-state index contributed by atoms with van der Waals surface area (Å²) in [6, 6.07) is 10.8. The maximum atomic E-state index is 12.4. The molecule has 1 aromatic carbocycles. The van der Waals surface area contributed by atoms with E-state index in [1.807, 2.05) is 13.1 Å². The van der Waals surface area contributed by atoms with Gasteiger partial charge in [0.15, 0.2) is 11.2 Å². The van der Waals surface area contributed by atoms with Crippen LogP contribution in [-0.2, 0) is 20.0 Å². The second-order valence-electron chi connectivity index (χ2n) is 9.02. The maximum absolute atomic E-state index is 12.4. The summed E-state index contributed by atoms with van der Waals surface area (Å²) in [6.07, 6.45) is 6.64. The summed E-state index contributed by atoms with van der Waals surface area (Å²) in [5, 5.41) is 0. The Hall–Kier alpha value is -3.13. The zero-order valence-electron chi connectivity index (χ0n) is 18.8. The Morgan fingerprint density at radius 3 is 2.59 bits per heavy atom. The van der Waals surface area contributed by atoms with Gasteiger partial charge in [0.25, 0.3) is 5.56 Å². The number of likely N-dealkylation sites (tertiary alicyclic amines) is 1. The van der Waals surface area contributed by atoms with Gasteiger partial charge in [0.1, 0.15) is 0 Å². The van der Waals surface area contributed by atoms with Gasteiger partial charge >= 0.3 is 5.69 Å². The zero-order chi connectivity index (χ0) is 22.2. The molecular formula is C24H30N6O2. The van der Waals surface area contributed by atoms with Crippen molar-refractivity contribution in [3.8, 4) is 0 Å². The van der Waals surface area contributed by atoms with E-state index in [1.54, 1.807) is 11.4 Å². The number of hydrogen-bond acceptors (Lipinski definition) is 4. The van der Waals surface area contributed by atoms with Crippen LogP contribution in [0.5, 0.6) is 0 Å². The van der Waals surface area contributed by atoms with E-state index < -0.39 is 11.2 Å². The Morgan fingerprint density at radius 1 is 1.09 bits per heavy atom. The first-order valence-corrected chi connectivity index (χ1v) is 11.4. The fourth-order valence-corrected chi connectivity index (χ4v) is 5.01. The number of aromatic nitrogens is 5. The lowest BCUT2D eigenvalue weighted by atomic mass is 9.90. The van der Waals surface area contributed by atoms with Crippen LogP contribution in [0.15, 0.2) is 46.1 Å². The van der Waals surface area contributed by atoms with Crippen molar-refractivity contribution in [3.05, 3.63) is 68.6 Å². The third-order valence-electron chi connectivity index (χ3n) is 6.85. The Bertz CT molecular complexity index is 1350. The molecule has 1 aliphatic rings. The highest BCUT2D eigenvalue weighted by Crippen LogP contribution is 2.22. The van der Waals surface area contributed by atoms with Crippen molar-refractivity contribution >= 4 is 16.9 Å². The number of fused-ring (bicyclic) bond motifs is 3. The van der Waals surface area contributed by atoms with Gasteiger partial charge in [-0.05, 0) is 63.7 Å². The molecule has 0 spiro atoms. The molecular weight excluding hydrogens is 404 g/mol. The van der Waals surface area contributed by atoms with Gasteiger partial charge < -0.3 is 9.47 Å². The molecule has 3 aromatic heterocycles. The number of imidazole rings is 2. The second kappa shape index (κ2) is 8.43. The summed E-state index contributed by atoms with van der Waals surface area (Å²) >= 11 is 0. The molecule has 1 aliphatic heterocycles. The van der Waals surface area contributed by atoms with Crippen LogP contribution >= 0.6 is 0 Å². The van der Waals surface area contributed by atoms with E-state index in [-0.39, 0.29) is 0 Å². The summed E-state index contributed by atoms with van der Waals surface area (Å²) in [6.45, 7) is 6.24. The van der Waals surface area contributed by atoms with Crippen molar-refractivity contribution in [3.63, 3.8) is 0 Å². The summed E-state index contributed by atoms with van der Waals surface area (Å²) in [5.41, 5.74) is 2.51. The van der Waals surface area contributed by atoms with Crippen LogP contribution in [0.4, 0.5) is 0 Å². The molecule has 1 saturated heterocycles. The van der Waals surface area contributed by atoms with Gasteiger partial charge in [0.05, 0.1) is 0 Å². The standard InChI is InChI=1S/C24H30N6O2/c1-17-16-30-20-21(27(2)24(32)26-22(20)31)25-23(30)29(17)12-6-11-28-13-9-19(10-14-28)15-18-7-4-3-5-8-18/h3-5,7-8,16,19H,6,9-15H2,1-2H3,(H,26,31,32). The van der Waals surface area contributed by atoms with E-state index >= 15 is 0 Å². The summed E-state index contributed by atoms with van der Waals surface area (Å²) in [7, 11) is 1.63. The van der Waals surface area contributed by atoms with Gasteiger partial charge in [0, 0.05) is 25.5 Å². The molecule has 1 fully saturated rings. The molecule has 8 heteroatoms. The molecule has 0 radical (unpaired) electrons. The highest BCUT2D eigenvalue weighted by molar-refractivity contribution is 5.75. The topological polar surface area (TPSA) is 80.3 Å². The lowest BCUT2D eigenvalue weighted by molar-refractivity contribution is 0.180. The molecule has 5 rings (SSSR count). The van der Waals surface area contributed by atoms with Crippen molar-refractivity contribution in [1.82, 2.24) is 28.4 Å². The molecule has 8 nitrogen and oxygen atoms in total. The van der Waals surface area contributed by atoms with E-state index in [9.17, 15) is 9.59 Å². The van der Waals surface area contributed by atoms with Crippen molar-refractivity contribution in [2.24, 2.45) is 13.0 Å². The number of benzene rings is 1. The molecule has 0 saturated carbocycles. The number of H-pyrrole nitrogens is 1. The SMILES string of the molecule is Cc1cn2c3c(=O)[nH]c(=O)n(C)c3nc2n1CCCN1CCC(Cc2ccccc2)CC1. The third kappa shape index (κ3) is 3.79. The minimum atomic E-state index is -0.442. The summed E-state index contributed by atoms with van der Waals surface area (Å²) in [4.78, 5) is 33.8. The van der Waals surface area contributed by atoms with Gasteiger partial charge in [-0.1, -0.05) is 30.3 Å². The molecule has 0 atom stereocenters. The number of nitrogens with zero attached hydrogens (tertiary/aromatic N) is 5. The normalized spacial score (nSPS) is 15.8. The predicted molar refractivity (Wildman–Crippen MR) is 125 cm³/mol. The number of aromatic amines is 1. The van der Waals surface area contributed by atoms with Crippen molar-refractivity contribution in [2.45, 2.75) is 39.2 Å². The molecule has 0 amide bonds. The minimum Gasteiger partial charge on any atom is -0.314 e. The smallest absolute Gasteiger partial charge is 0.314 e. The van der Waals surface area contributed by atoms with Crippen LogP contribution in [-0.4, -0.2) is 48.0 Å². The predicted octanol–water partition coefficient (Wildman–Crippen LogP) is 2.33. The van der Waals surface area contributed by atoms with Crippen LogP contribution in [0.2, 0.25) is 0 Å². The summed E-state index contributed by atoms with van der Waals surface area (Å²) in [5.74, 6) is 1.49. The maximum Gasteiger partial charge on any atom is 0.329 e. The monoisotopic (exact) mass is 434 g/mol. The van der Waals surface area contributed by atoms with Crippen LogP contribution in [0, 0.1) is 12.8 Å². The van der Waals surface area contributed by atoms with E-state index in [0.717, 1.165) is 44.2 Å². The first-order chi connectivity index (χ1) is 15.5. The molecule has 4 heterocycles. The van der Waals surface area contributed by atoms with E-state index in [4.69, 9.17) is 0 Å². The van der Waals surface area contributed by atoms with Crippen molar-refractivity contribution < 1.29 is 0 Å². The molecule has 0 unspecified atom stereocenters. The lowest BCUT2D eigenvalue weighted by Gasteiger charge is -2.32. The van der Waals surface area contributed by atoms with Crippen molar-refractivity contribution in [1.29, 1.82) is 0 Å². The first kappa shape index (κ1) is 20.8. The molecule has 32 heavy (non-hydrogen) atoms. The summed E-state index contributed by atoms with van der Waals surface area (Å²) < 4.78 is 5.34. The Kier molecular flexibility index (Phi) is 5.46. The molecule has 4 aromatic rings. The molecule has 0 bridgehead atoms. The van der Waals surface area contributed by atoms with Gasteiger partial charge in [0.2, 0.25) is 5.78 Å². The van der Waals surface area contributed by atoms with E-state index in [1.165, 1.54) is 29.4 Å². The number of aryl methyl sites for hydroxylation is 3. The third-order valence-corrected chi connectivity index (χ3v) is 6.85. The van der Waals surface area contributed by atoms with Crippen LogP contribution in [0.25, 0.3) is 16.9 Å². The average molecular weight is 435 g/mol. The van der Waals surface area contributed by atoms with Crippen LogP contribution < -0.4 is 11.2 Å². The highest BCUT2D eigenvalue weighted by atomic mass is 16.2. The van der Waals surface area contributed by atoms with Crippen molar-refractivity contribution in [2.75, 3.05) is 19.6 Å². The molecule has 1 N–H and O–H groups in total. The quantitative estimate of drug-likeness (QED) is 0.505. The van der Waals surface area contributed by atoms with Crippen LogP contribution in [0.1, 0.15) is 30.5 Å². The Labute approximate surface area is 186 Å². The first-order valence-electron chi connectivity index (χ1n) is 11.4. The van der Waals surface area contributed by atoms with Gasteiger partial charge in [-0.15, -0.1) is 0 Å². The Balaban J connectivity index is 1.23. The molecule has 168 valence electrons. The van der Waals surface area contributed by atoms with Gasteiger partial charge in [-0.2, -0.15) is 4.98 Å².